The zero-order valence-corrected chi connectivity index (χ0v) is 13.0. The van der Waals surface area contributed by atoms with Gasteiger partial charge in [0.15, 0.2) is 0 Å². The van der Waals surface area contributed by atoms with E-state index in [0.717, 1.165) is 22.2 Å². The van der Waals surface area contributed by atoms with Crippen LogP contribution in [0.15, 0.2) is 22.8 Å². The molecule has 0 aliphatic rings. The highest BCUT2D eigenvalue weighted by Gasteiger charge is 2.18. The number of imidazole rings is 1. The first-order valence-electron chi connectivity index (χ1n) is 6.47. The number of carbonyl (C=O) groups excluding carboxylic acids is 1. The van der Waals surface area contributed by atoms with E-state index < -0.39 is 0 Å². The van der Waals surface area contributed by atoms with E-state index in [0.29, 0.717) is 18.2 Å². The summed E-state index contributed by atoms with van der Waals surface area (Å²) in [6.07, 6.45) is 2.62. The minimum atomic E-state index is -0.0591. The maximum atomic E-state index is 12.3. The Kier molecular flexibility index (Phi) is 4.24. The molecule has 0 saturated carbocycles. The Bertz CT molecular complexity index is 604. The monoisotopic (exact) mass is 323 g/mol. The normalized spacial score (nSPS) is 11.2. The molecule has 0 atom stereocenters. The van der Waals surface area contributed by atoms with Crippen molar-refractivity contribution in [2.45, 2.75) is 27.2 Å². The van der Waals surface area contributed by atoms with Crippen molar-refractivity contribution in [3.05, 3.63) is 34.2 Å². The summed E-state index contributed by atoms with van der Waals surface area (Å²) < 4.78 is 2.77. The average molecular weight is 324 g/mol. The molecule has 0 aliphatic heterocycles. The molecule has 4 nitrogen and oxygen atoms in total. The van der Waals surface area contributed by atoms with E-state index in [1.54, 1.807) is 0 Å². The molecule has 0 bridgehead atoms. The van der Waals surface area contributed by atoms with E-state index >= 15 is 0 Å². The van der Waals surface area contributed by atoms with Gasteiger partial charge in [0.1, 0.15) is 11.3 Å². The molecule has 1 N–H and O–H groups in total. The fourth-order valence-electron chi connectivity index (χ4n) is 1.93. The Morgan fingerprint density at radius 1 is 1.47 bits per heavy atom. The molecule has 2 rings (SSSR count). The Labute approximate surface area is 121 Å². The predicted octanol–water partition coefficient (Wildman–Crippen LogP) is 3.05. The number of pyridine rings is 1. The number of amides is 1. The predicted molar refractivity (Wildman–Crippen MR) is 79.4 cm³/mol. The molecular weight excluding hydrogens is 306 g/mol. The largest absolute Gasteiger partial charge is 0.350 e. The van der Waals surface area contributed by atoms with Gasteiger partial charge in [-0.1, -0.05) is 20.8 Å². The summed E-state index contributed by atoms with van der Waals surface area (Å²) in [5.41, 5.74) is 2.27. The Morgan fingerprint density at radius 2 is 2.21 bits per heavy atom. The van der Waals surface area contributed by atoms with Gasteiger partial charge in [-0.2, -0.15) is 0 Å². The maximum absolute atomic E-state index is 12.3. The third kappa shape index (κ3) is 2.97. The van der Waals surface area contributed by atoms with Gasteiger partial charge < -0.3 is 5.32 Å². The molecule has 2 aromatic rings. The first kappa shape index (κ1) is 14.1. The fourth-order valence-corrected chi connectivity index (χ4v) is 2.27. The Balaban J connectivity index is 2.44. The van der Waals surface area contributed by atoms with Gasteiger partial charge in [-0.25, -0.2) is 4.98 Å². The lowest BCUT2D eigenvalue weighted by atomic mass is 10.2. The second-order valence-electron chi connectivity index (χ2n) is 4.94. The van der Waals surface area contributed by atoms with Crippen molar-refractivity contribution in [2.24, 2.45) is 5.92 Å². The summed E-state index contributed by atoms with van der Waals surface area (Å²) in [4.78, 5) is 16.8. The summed E-state index contributed by atoms with van der Waals surface area (Å²) in [6, 6.07) is 3.83. The first-order valence-corrected chi connectivity index (χ1v) is 7.27. The number of hydrogen-bond donors (Lipinski definition) is 1. The van der Waals surface area contributed by atoms with Crippen LogP contribution in [0.4, 0.5) is 0 Å². The van der Waals surface area contributed by atoms with Gasteiger partial charge in [-0.05, 0) is 40.4 Å². The molecule has 1 amide bonds. The van der Waals surface area contributed by atoms with Crippen LogP contribution in [-0.4, -0.2) is 21.8 Å². The van der Waals surface area contributed by atoms with Crippen molar-refractivity contribution in [1.82, 2.24) is 14.7 Å². The molecule has 0 aliphatic carbocycles. The van der Waals surface area contributed by atoms with Crippen LogP contribution in [0.25, 0.3) is 5.65 Å². The zero-order valence-electron chi connectivity index (χ0n) is 11.4. The van der Waals surface area contributed by atoms with Gasteiger partial charge in [0.2, 0.25) is 0 Å². The number of carbonyl (C=O) groups is 1. The van der Waals surface area contributed by atoms with E-state index in [9.17, 15) is 4.79 Å². The van der Waals surface area contributed by atoms with Gasteiger partial charge in [0.25, 0.3) is 5.91 Å². The number of nitrogens with one attached hydrogen (secondary N) is 1. The topological polar surface area (TPSA) is 46.4 Å². The summed E-state index contributed by atoms with van der Waals surface area (Å²) in [7, 11) is 0. The maximum Gasteiger partial charge on any atom is 0.270 e. The highest BCUT2D eigenvalue weighted by atomic mass is 79.9. The lowest BCUT2D eigenvalue weighted by Crippen LogP contribution is -2.29. The number of nitrogens with zero attached hydrogens (tertiary/aromatic N) is 2. The number of fused-ring (bicyclic) bond motifs is 1. The summed E-state index contributed by atoms with van der Waals surface area (Å²) in [5, 5.41) is 2.96. The van der Waals surface area contributed by atoms with E-state index in [1.165, 1.54) is 0 Å². The molecule has 5 heteroatoms. The van der Waals surface area contributed by atoms with Crippen LogP contribution in [0.1, 0.15) is 37.0 Å². The third-order valence-corrected chi connectivity index (χ3v) is 3.34. The van der Waals surface area contributed by atoms with Crippen LogP contribution in [-0.2, 0) is 6.42 Å². The standard InChI is InChI=1S/C14H18BrN3O/c1-4-11-13(14(19)16-7-9(2)3)18-8-10(15)5-6-12(18)17-11/h5-6,8-9H,4,7H2,1-3H3,(H,16,19). The molecule has 2 aromatic heterocycles. The Morgan fingerprint density at radius 3 is 2.84 bits per heavy atom. The first-order chi connectivity index (χ1) is 9.02. The molecule has 19 heavy (non-hydrogen) atoms. The van der Waals surface area contributed by atoms with Crippen molar-refractivity contribution in [3.8, 4) is 0 Å². The fraction of sp³-hybridized carbons (Fsp3) is 0.429. The number of aromatic nitrogens is 2. The van der Waals surface area contributed by atoms with E-state index in [-0.39, 0.29) is 5.91 Å². The molecule has 0 spiro atoms. The number of aryl methyl sites for hydroxylation is 1. The van der Waals surface area contributed by atoms with Gasteiger partial charge in [-0.3, -0.25) is 9.20 Å². The quantitative estimate of drug-likeness (QED) is 0.940. The number of hydrogen-bond acceptors (Lipinski definition) is 2. The zero-order chi connectivity index (χ0) is 14.0. The van der Waals surface area contributed by atoms with Crippen molar-refractivity contribution >= 4 is 27.5 Å². The second-order valence-corrected chi connectivity index (χ2v) is 5.86. The molecule has 102 valence electrons. The van der Waals surface area contributed by atoms with E-state index in [2.05, 4.69) is 40.1 Å². The van der Waals surface area contributed by atoms with Crippen LogP contribution in [0.3, 0.4) is 0 Å². The molecule has 0 saturated heterocycles. The van der Waals surface area contributed by atoms with Crippen molar-refractivity contribution < 1.29 is 4.79 Å². The van der Waals surface area contributed by atoms with Crippen molar-refractivity contribution in [3.63, 3.8) is 0 Å². The molecule has 0 unspecified atom stereocenters. The van der Waals surface area contributed by atoms with Crippen LogP contribution < -0.4 is 5.32 Å². The van der Waals surface area contributed by atoms with Gasteiger partial charge in [0, 0.05) is 17.2 Å². The lowest BCUT2D eigenvalue weighted by molar-refractivity contribution is 0.0942. The number of rotatable bonds is 4. The average Bonchev–Trinajstić information content (AvgIpc) is 2.73. The Hall–Kier alpha value is -1.36. The minimum absolute atomic E-state index is 0.0591. The summed E-state index contributed by atoms with van der Waals surface area (Å²) >= 11 is 3.43. The molecule has 0 fully saturated rings. The van der Waals surface area contributed by atoms with Crippen LogP contribution in [0, 0.1) is 5.92 Å². The molecule has 2 heterocycles. The van der Waals surface area contributed by atoms with Crippen LogP contribution in [0.2, 0.25) is 0 Å². The van der Waals surface area contributed by atoms with Gasteiger partial charge in [0.05, 0.1) is 5.69 Å². The van der Waals surface area contributed by atoms with Crippen LogP contribution in [0.5, 0.6) is 0 Å². The van der Waals surface area contributed by atoms with Gasteiger partial charge in [-0.15, -0.1) is 0 Å². The van der Waals surface area contributed by atoms with Crippen LogP contribution >= 0.6 is 15.9 Å². The highest BCUT2D eigenvalue weighted by Crippen LogP contribution is 2.17. The van der Waals surface area contributed by atoms with E-state index in [4.69, 9.17) is 0 Å². The number of halogens is 1. The molecule has 0 radical (unpaired) electrons. The SMILES string of the molecule is CCc1nc2ccc(Br)cn2c1C(=O)NCC(C)C. The summed E-state index contributed by atoms with van der Waals surface area (Å²) in [6.45, 7) is 6.83. The third-order valence-electron chi connectivity index (χ3n) is 2.88. The van der Waals surface area contributed by atoms with Gasteiger partial charge >= 0.3 is 0 Å². The molecular formula is C14H18BrN3O. The summed E-state index contributed by atoms with van der Waals surface area (Å²) in [5.74, 6) is 0.371. The highest BCUT2D eigenvalue weighted by molar-refractivity contribution is 9.10. The van der Waals surface area contributed by atoms with Crippen molar-refractivity contribution in [1.29, 1.82) is 0 Å². The smallest absolute Gasteiger partial charge is 0.270 e. The van der Waals surface area contributed by atoms with E-state index in [1.807, 2.05) is 29.7 Å². The second kappa shape index (κ2) is 5.74. The minimum Gasteiger partial charge on any atom is -0.350 e. The lowest BCUT2D eigenvalue weighted by Gasteiger charge is -2.08. The van der Waals surface area contributed by atoms with Crippen molar-refractivity contribution in [2.75, 3.05) is 6.54 Å². The molecule has 0 aromatic carbocycles.